The molecule has 0 spiro atoms. The second-order valence-electron chi connectivity index (χ2n) is 6.54. The van der Waals surface area contributed by atoms with E-state index in [1.807, 2.05) is 26.0 Å². The van der Waals surface area contributed by atoms with Crippen LogP contribution >= 0.6 is 0 Å². The lowest BCUT2D eigenvalue weighted by Crippen LogP contribution is -2.40. The predicted molar refractivity (Wildman–Crippen MR) is 89.4 cm³/mol. The molecule has 124 valence electrons. The van der Waals surface area contributed by atoms with Crippen molar-refractivity contribution in [2.45, 2.75) is 53.1 Å². The molecule has 0 radical (unpaired) electrons. The van der Waals surface area contributed by atoms with E-state index in [1.54, 1.807) is 13.0 Å². The first kappa shape index (κ1) is 18.7. The molecule has 0 saturated heterocycles. The molecule has 0 unspecified atom stereocenters. The Hall–Kier alpha value is -1.39. The van der Waals surface area contributed by atoms with Gasteiger partial charge in [0.25, 0.3) is 0 Å². The first-order chi connectivity index (χ1) is 10.3. The van der Waals surface area contributed by atoms with E-state index in [9.17, 15) is 9.90 Å². The smallest absolute Gasteiger partial charge is 0.159 e. The number of carbonyl (C=O) groups is 1. The summed E-state index contributed by atoms with van der Waals surface area (Å²) in [4.78, 5) is 11.6. The van der Waals surface area contributed by atoms with E-state index in [0.29, 0.717) is 18.7 Å². The molecule has 22 heavy (non-hydrogen) atoms. The van der Waals surface area contributed by atoms with E-state index >= 15 is 0 Å². The highest BCUT2D eigenvalue weighted by Crippen LogP contribution is 2.23. The zero-order chi connectivity index (χ0) is 16.8. The lowest BCUT2D eigenvalue weighted by molar-refractivity contribution is 0.101. The van der Waals surface area contributed by atoms with Crippen LogP contribution in [0.4, 0.5) is 0 Å². The van der Waals surface area contributed by atoms with Gasteiger partial charge < -0.3 is 15.2 Å². The normalized spacial score (nSPS) is 13.0. The van der Waals surface area contributed by atoms with Crippen LogP contribution in [0.1, 0.15) is 57.0 Å². The zero-order valence-corrected chi connectivity index (χ0v) is 14.4. The summed E-state index contributed by atoms with van der Waals surface area (Å²) in [6.07, 6.45) is 0.875. The minimum absolute atomic E-state index is 0.0532. The van der Waals surface area contributed by atoms with Crippen molar-refractivity contribution in [3.05, 3.63) is 29.3 Å². The van der Waals surface area contributed by atoms with Gasteiger partial charge in [-0.2, -0.15) is 0 Å². The van der Waals surface area contributed by atoms with Gasteiger partial charge in [-0.3, -0.25) is 4.79 Å². The molecule has 2 N–H and O–H groups in total. The number of benzene rings is 1. The number of ether oxygens (including phenoxy) is 1. The van der Waals surface area contributed by atoms with Gasteiger partial charge in [0, 0.05) is 29.8 Å². The largest absolute Gasteiger partial charge is 0.494 e. The maximum Gasteiger partial charge on any atom is 0.159 e. The SMILES string of the molecule is CCOc1ccc(C(C)=O)cc1CNC(C)(C)C[C@H](C)CO. The molecule has 0 heterocycles. The van der Waals surface area contributed by atoms with Gasteiger partial charge in [0.15, 0.2) is 5.78 Å². The lowest BCUT2D eigenvalue weighted by Gasteiger charge is -2.29. The quantitative estimate of drug-likeness (QED) is 0.688. The van der Waals surface area contributed by atoms with Gasteiger partial charge in [-0.05, 0) is 58.2 Å². The zero-order valence-electron chi connectivity index (χ0n) is 14.4. The number of Topliss-reactive ketones (excluding diaryl/α,β-unsaturated/α-hetero) is 1. The Kier molecular flexibility index (Phi) is 7.04. The molecule has 0 aromatic heterocycles. The molecule has 0 bridgehead atoms. The molecule has 1 aromatic rings. The third-order valence-electron chi connectivity index (χ3n) is 3.69. The van der Waals surface area contributed by atoms with Crippen molar-refractivity contribution in [1.82, 2.24) is 5.32 Å². The number of hydrogen-bond donors (Lipinski definition) is 2. The molecular weight excluding hydrogens is 278 g/mol. The monoisotopic (exact) mass is 307 g/mol. The lowest BCUT2D eigenvalue weighted by atomic mass is 9.91. The second-order valence-corrected chi connectivity index (χ2v) is 6.54. The Morgan fingerprint density at radius 1 is 1.41 bits per heavy atom. The molecule has 0 saturated carbocycles. The molecule has 1 rings (SSSR count). The highest BCUT2D eigenvalue weighted by Gasteiger charge is 2.21. The van der Waals surface area contributed by atoms with Crippen molar-refractivity contribution in [2.75, 3.05) is 13.2 Å². The summed E-state index contributed by atoms with van der Waals surface area (Å²) in [6, 6.07) is 5.56. The number of aliphatic hydroxyl groups excluding tert-OH is 1. The van der Waals surface area contributed by atoms with Gasteiger partial charge in [0.2, 0.25) is 0 Å². The minimum Gasteiger partial charge on any atom is -0.494 e. The van der Waals surface area contributed by atoms with Crippen LogP contribution in [0.15, 0.2) is 18.2 Å². The summed E-state index contributed by atoms with van der Waals surface area (Å²) in [5.74, 6) is 1.11. The van der Waals surface area contributed by atoms with Crippen LogP contribution in [0.2, 0.25) is 0 Å². The van der Waals surface area contributed by atoms with Gasteiger partial charge in [-0.1, -0.05) is 6.92 Å². The number of hydrogen-bond acceptors (Lipinski definition) is 4. The van der Waals surface area contributed by atoms with E-state index in [2.05, 4.69) is 19.2 Å². The number of aliphatic hydroxyl groups is 1. The maximum atomic E-state index is 11.6. The van der Waals surface area contributed by atoms with Crippen LogP contribution in [0, 0.1) is 5.92 Å². The molecule has 0 amide bonds. The number of rotatable bonds is 9. The molecule has 0 fully saturated rings. The molecule has 1 aromatic carbocycles. The van der Waals surface area contributed by atoms with Gasteiger partial charge in [0.1, 0.15) is 5.75 Å². The van der Waals surface area contributed by atoms with Crippen molar-refractivity contribution in [3.8, 4) is 5.75 Å². The molecule has 0 aliphatic heterocycles. The summed E-state index contributed by atoms with van der Waals surface area (Å²) in [5, 5.41) is 12.7. The standard InChI is InChI=1S/C18H29NO3/c1-6-22-17-8-7-15(14(3)21)9-16(17)11-19-18(4,5)10-13(2)12-20/h7-9,13,19-20H,6,10-12H2,1-5H3/t13-/m0/s1. The average molecular weight is 307 g/mol. The Bertz CT molecular complexity index is 497. The van der Waals surface area contributed by atoms with Crippen molar-refractivity contribution < 1.29 is 14.6 Å². The topological polar surface area (TPSA) is 58.6 Å². The van der Waals surface area contributed by atoms with E-state index in [-0.39, 0.29) is 23.8 Å². The van der Waals surface area contributed by atoms with Gasteiger partial charge in [-0.15, -0.1) is 0 Å². The van der Waals surface area contributed by atoms with Crippen molar-refractivity contribution in [3.63, 3.8) is 0 Å². The molecule has 4 nitrogen and oxygen atoms in total. The number of nitrogens with one attached hydrogen (secondary N) is 1. The van der Waals surface area contributed by atoms with Crippen LogP contribution in [-0.2, 0) is 6.54 Å². The minimum atomic E-state index is -0.0993. The van der Waals surface area contributed by atoms with Gasteiger partial charge in [-0.25, -0.2) is 0 Å². The Morgan fingerprint density at radius 3 is 2.64 bits per heavy atom. The van der Waals surface area contributed by atoms with Crippen LogP contribution in [0.3, 0.4) is 0 Å². The fourth-order valence-corrected chi connectivity index (χ4v) is 2.58. The van der Waals surface area contributed by atoms with Crippen molar-refractivity contribution >= 4 is 5.78 Å². The number of ketones is 1. The van der Waals surface area contributed by atoms with Crippen molar-refractivity contribution in [2.24, 2.45) is 5.92 Å². The van der Waals surface area contributed by atoms with Crippen LogP contribution in [0.25, 0.3) is 0 Å². The number of carbonyl (C=O) groups excluding carboxylic acids is 1. The average Bonchev–Trinajstić information content (AvgIpc) is 2.45. The van der Waals surface area contributed by atoms with Crippen molar-refractivity contribution in [1.29, 1.82) is 0 Å². The Balaban J connectivity index is 2.85. The van der Waals surface area contributed by atoms with E-state index < -0.39 is 0 Å². The summed E-state index contributed by atoms with van der Waals surface area (Å²) in [7, 11) is 0. The van der Waals surface area contributed by atoms with E-state index in [4.69, 9.17) is 4.74 Å². The summed E-state index contributed by atoms with van der Waals surface area (Å²) >= 11 is 0. The third kappa shape index (κ3) is 5.78. The first-order valence-electron chi connectivity index (χ1n) is 7.91. The van der Waals surface area contributed by atoms with E-state index in [1.165, 1.54) is 0 Å². The van der Waals surface area contributed by atoms with Crippen LogP contribution in [-0.4, -0.2) is 29.6 Å². The summed E-state index contributed by atoms with van der Waals surface area (Å²) in [5.41, 5.74) is 1.58. The Labute approximate surface area is 133 Å². The van der Waals surface area contributed by atoms with Crippen LogP contribution < -0.4 is 10.1 Å². The summed E-state index contributed by atoms with van der Waals surface area (Å²) < 4.78 is 5.65. The van der Waals surface area contributed by atoms with E-state index in [0.717, 1.165) is 17.7 Å². The second kappa shape index (κ2) is 8.30. The maximum absolute atomic E-state index is 11.6. The molecule has 4 heteroatoms. The molecule has 0 aliphatic rings. The third-order valence-corrected chi connectivity index (χ3v) is 3.69. The fraction of sp³-hybridized carbons (Fsp3) is 0.611. The summed E-state index contributed by atoms with van der Waals surface area (Å²) in [6.45, 7) is 11.2. The highest BCUT2D eigenvalue weighted by molar-refractivity contribution is 5.94. The fourth-order valence-electron chi connectivity index (χ4n) is 2.58. The Morgan fingerprint density at radius 2 is 2.09 bits per heavy atom. The molecule has 1 atom stereocenters. The van der Waals surface area contributed by atoms with Gasteiger partial charge in [0.05, 0.1) is 6.61 Å². The molecule has 0 aliphatic carbocycles. The predicted octanol–water partition coefficient (Wildman–Crippen LogP) is 3.17. The highest BCUT2D eigenvalue weighted by atomic mass is 16.5. The van der Waals surface area contributed by atoms with Gasteiger partial charge >= 0.3 is 0 Å². The first-order valence-corrected chi connectivity index (χ1v) is 7.91. The van der Waals surface area contributed by atoms with Crippen LogP contribution in [0.5, 0.6) is 5.75 Å². The molecular formula is C18H29NO3.